The van der Waals surface area contributed by atoms with Crippen LogP contribution in [0.3, 0.4) is 0 Å². The molecular formula is C12H10N4O4S. The fourth-order valence-electron chi connectivity index (χ4n) is 1.65. The second kappa shape index (κ2) is 6.15. The molecule has 0 saturated heterocycles. The normalized spacial score (nSPS) is 10.1. The summed E-state index contributed by atoms with van der Waals surface area (Å²) < 4.78 is 6.37. The number of nitrogens with zero attached hydrogens (tertiary/aromatic N) is 3. The van der Waals surface area contributed by atoms with Crippen molar-refractivity contribution in [1.82, 2.24) is 14.8 Å². The van der Waals surface area contributed by atoms with Crippen LogP contribution in [0.25, 0.3) is 5.69 Å². The quantitative estimate of drug-likeness (QED) is 0.776. The lowest BCUT2D eigenvalue weighted by molar-refractivity contribution is -0.133. The van der Waals surface area contributed by atoms with E-state index >= 15 is 0 Å². The zero-order valence-corrected chi connectivity index (χ0v) is 11.7. The van der Waals surface area contributed by atoms with Gasteiger partial charge in [-0.2, -0.15) is 5.26 Å². The molecule has 8 nitrogen and oxygen atoms in total. The van der Waals surface area contributed by atoms with E-state index in [9.17, 15) is 9.59 Å². The Morgan fingerprint density at radius 2 is 2.38 bits per heavy atom. The molecule has 21 heavy (non-hydrogen) atoms. The van der Waals surface area contributed by atoms with Gasteiger partial charge in [0.25, 0.3) is 0 Å². The summed E-state index contributed by atoms with van der Waals surface area (Å²) in [6, 6.07) is 6.53. The van der Waals surface area contributed by atoms with Crippen LogP contribution in [0, 0.1) is 11.3 Å². The van der Waals surface area contributed by atoms with Gasteiger partial charge in [-0.25, -0.2) is 14.5 Å². The zero-order valence-electron chi connectivity index (χ0n) is 10.9. The van der Waals surface area contributed by atoms with E-state index in [0.29, 0.717) is 17.0 Å². The number of carboxylic acid groups (broad SMARTS) is 1. The average molecular weight is 306 g/mol. The number of nitriles is 1. The number of H-pyrrole nitrogens is 1. The molecule has 2 rings (SSSR count). The maximum atomic E-state index is 11.9. The number of rotatable bonds is 5. The Kier molecular flexibility index (Phi) is 4.30. The Hall–Kier alpha value is -2.73. The zero-order chi connectivity index (χ0) is 15.4. The molecule has 0 amide bonds. The summed E-state index contributed by atoms with van der Waals surface area (Å²) in [7, 11) is 1.41. The SMILES string of the molecule is COc1cc(C#N)ccc1-n1c(SCC(=O)O)n[nH]c1=O. The van der Waals surface area contributed by atoms with E-state index in [1.165, 1.54) is 23.8 Å². The first-order valence-corrected chi connectivity index (χ1v) is 6.66. The number of thioether (sulfide) groups is 1. The number of hydrogen-bond donors (Lipinski definition) is 2. The highest BCUT2D eigenvalue weighted by Gasteiger charge is 2.16. The predicted molar refractivity (Wildman–Crippen MR) is 73.8 cm³/mol. The van der Waals surface area contributed by atoms with E-state index in [0.717, 1.165) is 11.8 Å². The number of aromatic amines is 1. The maximum Gasteiger partial charge on any atom is 0.348 e. The monoisotopic (exact) mass is 306 g/mol. The van der Waals surface area contributed by atoms with E-state index in [-0.39, 0.29) is 10.9 Å². The van der Waals surface area contributed by atoms with Crippen molar-refractivity contribution in [3.8, 4) is 17.5 Å². The first-order chi connectivity index (χ1) is 10.1. The summed E-state index contributed by atoms with van der Waals surface area (Å²) in [5.74, 6) is -0.938. The minimum absolute atomic E-state index is 0.199. The third kappa shape index (κ3) is 3.06. The van der Waals surface area contributed by atoms with Gasteiger partial charge in [-0.05, 0) is 12.1 Å². The number of aromatic nitrogens is 3. The number of carbonyl (C=O) groups is 1. The fraction of sp³-hybridized carbons (Fsp3) is 0.167. The van der Waals surface area contributed by atoms with Crippen molar-refractivity contribution in [3.05, 3.63) is 34.2 Å². The number of methoxy groups -OCH3 is 1. The molecule has 2 N–H and O–H groups in total. The lowest BCUT2D eigenvalue weighted by Crippen LogP contribution is -2.16. The Bertz CT molecular complexity index is 774. The van der Waals surface area contributed by atoms with E-state index < -0.39 is 11.7 Å². The molecule has 0 bridgehead atoms. The smallest absolute Gasteiger partial charge is 0.348 e. The van der Waals surface area contributed by atoms with Gasteiger partial charge in [0.2, 0.25) is 0 Å². The van der Waals surface area contributed by atoms with Crippen LogP contribution in [-0.2, 0) is 4.79 Å². The van der Waals surface area contributed by atoms with Crippen LogP contribution in [0.5, 0.6) is 5.75 Å². The highest BCUT2D eigenvalue weighted by atomic mass is 32.2. The van der Waals surface area contributed by atoms with Gasteiger partial charge in [-0.1, -0.05) is 11.8 Å². The van der Waals surface area contributed by atoms with E-state index in [2.05, 4.69) is 10.2 Å². The van der Waals surface area contributed by atoms with Crippen LogP contribution in [0.4, 0.5) is 0 Å². The summed E-state index contributed by atoms with van der Waals surface area (Å²) in [6.45, 7) is 0. The molecular weight excluding hydrogens is 296 g/mol. The molecule has 108 valence electrons. The maximum absolute atomic E-state index is 11.9. The molecule has 0 unspecified atom stereocenters. The molecule has 0 aliphatic carbocycles. The van der Waals surface area contributed by atoms with Gasteiger partial charge in [-0.3, -0.25) is 4.79 Å². The van der Waals surface area contributed by atoms with Crippen LogP contribution in [0.1, 0.15) is 5.56 Å². The van der Waals surface area contributed by atoms with Crippen LogP contribution < -0.4 is 10.4 Å². The molecule has 1 aromatic carbocycles. The van der Waals surface area contributed by atoms with Gasteiger partial charge < -0.3 is 9.84 Å². The molecule has 0 aliphatic heterocycles. The summed E-state index contributed by atoms with van der Waals surface area (Å²) in [5, 5.41) is 23.8. The minimum atomic E-state index is -1.02. The minimum Gasteiger partial charge on any atom is -0.495 e. The first-order valence-electron chi connectivity index (χ1n) is 5.67. The molecule has 0 fully saturated rings. The standard InChI is InChI=1S/C12H10N4O4S/c1-20-9-4-7(5-13)2-3-8(9)16-11(19)14-15-12(16)21-6-10(17)18/h2-4H,6H2,1H3,(H,14,19)(H,17,18). The van der Waals surface area contributed by atoms with Crippen LogP contribution in [0.2, 0.25) is 0 Å². The number of ether oxygens (including phenoxy) is 1. The summed E-state index contributed by atoms with van der Waals surface area (Å²) in [4.78, 5) is 22.5. The van der Waals surface area contributed by atoms with E-state index in [1.807, 2.05) is 6.07 Å². The van der Waals surface area contributed by atoms with Gasteiger partial charge in [0.05, 0.1) is 30.2 Å². The molecule has 0 radical (unpaired) electrons. The molecule has 0 saturated carbocycles. The van der Waals surface area contributed by atoms with Gasteiger partial charge in [-0.15, -0.1) is 5.10 Å². The van der Waals surface area contributed by atoms with Crippen molar-refractivity contribution in [2.45, 2.75) is 5.16 Å². The predicted octanol–water partition coefficient (Wildman–Crippen LogP) is 0.618. The lowest BCUT2D eigenvalue weighted by Gasteiger charge is -2.10. The summed E-state index contributed by atoms with van der Waals surface area (Å²) in [6.07, 6.45) is 0. The molecule has 0 atom stereocenters. The van der Waals surface area contributed by atoms with E-state index in [1.54, 1.807) is 6.07 Å². The average Bonchev–Trinajstić information content (AvgIpc) is 2.85. The second-order valence-corrected chi connectivity index (χ2v) is 4.77. The highest BCUT2D eigenvalue weighted by Crippen LogP contribution is 2.26. The number of aliphatic carboxylic acids is 1. The summed E-state index contributed by atoms with van der Waals surface area (Å²) in [5.41, 5.74) is 0.237. The molecule has 1 heterocycles. The molecule has 2 aromatic rings. The largest absolute Gasteiger partial charge is 0.495 e. The van der Waals surface area contributed by atoms with Crippen LogP contribution in [-0.4, -0.2) is 38.7 Å². The third-order valence-corrected chi connectivity index (χ3v) is 3.44. The van der Waals surface area contributed by atoms with Gasteiger partial charge >= 0.3 is 11.7 Å². The van der Waals surface area contributed by atoms with Crippen molar-refractivity contribution in [2.24, 2.45) is 0 Å². The Morgan fingerprint density at radius 3 is 3.00 bits per heavy atom. The molecule has 1 aromatic heterocycles. The number of hydrogen-bond acceptors (Lipinski definition) is 6. The lowest BCUT2D eigenvalue weighted by atomic mass is 10.2. The van der Waals surface area contributed by atoms with Gasteiger partial charge in [0.1, 0.15) is 5.75 Å². The van der Waals surface area contributed by atoms with Gasteiger partial charge in [0.15, 0.2) is 5.16 Å². The van der Waals surface area contributed by atoms with Crippen molar-refractivity contribution >= 4 is 17.7 Å². The Balaban J connectivity index is 2.51. The third-order valence-electron chi connectivity index (χ3n) is 2.52. The summed E-state index contributed by atoms with van der Waals surface area (Å²) >= 11 is 0.900. The topological polar surface area (TPSA) is 121 Å². The Morgan fingerprint density at radius 1 is 1.62 bits per heavy atom. The molecule has 9 heteroatoms. The molecule has 0 spiro atoms. The highest BCUT2D eigenvalue weighted by molar-refractivity contribution is 7.99. The second-order valence-electron chi connectivity index (χ2n) is 3.83. The van der Waals surface area contributed by atoms with Crippen LogP contribution >= 0.6 is 11.8 Å². The van der Waals surface area contributed by atoms with Crippen LogP contribution in [0.15, 0.2) is 28.2 Å². The van der Waals surface area contributed by atoms with Gasteiger partial charge in [0, 0.05) is 6.07 Å². The molecule has 0 aliphatic rings. The number of nitrogens with one attached hydrogen (secondary N) is 1. The van der Waals surface area contributed by atoms with Crippen molar-refractivity contribution in [1.29, 1.82) is 5.26 Å². The van der Waals surface area contributed by atoms with Crippen molar-refractivity contribution < 1.29 is 14.6 Å². The van der Waals surface area contributed by atoms with Crippen molar-refractivity contribution in [3.63, 3.8) is 0 Å². The number of carboxylic acids is 1. The van der Waals surface area contributed by atoms with Crippen molar-refractivity contribution in [2.75, 3.05) is 12.9 Å². The fourth-order valence-corrected chi connectivity index (χ4v) is 2.32. The van der Waals surface area contributed by atoms with E-state index in [4.69, 9.17) is 15.1 Å². The number of benzene rings is 1. The Labute approximate surface area is 123 Å². The first kappa shape index (κ1) is 14.7.